The minimum atomic E-state index is -0.527. The highest BCUT2D eigenvalue weighted by atomic mass is 35.5. The van der Waals surface area contributed by atoms with Crippen LogP contribution in [0.3, 0.4) is 0 Å². The Kier molecular flexibility index (Phi) is 8.05. The van der Waals surface area contributed by atoms with Crippen LogP contribution in [0, 0.1) is 12.7 Å². The molecular weight excluding hydrogens is 416 g/mol. The Bertz CT molecular complexity index is 857. The second-order valence-corrected chi connectivity index (χ2v) is 7.80. The van der Waals surface area contributed by atoms with Crippen molar-refractivity contribution < 1.29 is 9.18 Å². The van der Waals surface area contributed by atoms with Crippen LogP contribution >= 0.6 is 24.0 Å². The smallest absolute Gasteiger partial charge is 0.251 e. The van der Waals surface area contributed by atoms with Gasteiger partial charge in [-0.1, -0.05) is 11.6 Å². The zero-order chi connectivity index (χ0) is 20.3. The molecule has 0 unspecified atom stereocenters. The number of rotatable bonds is 5. The van der Waals surface area contributed by atoms with Gasteiger partial charge >= 0.3 is 0 Å². The van der Waals surface area contributed by atoms with Crippen LogP contribution in [0.2, 0.25) is 5.02 Å². The van der Waals surface area contributed by atoms with Gasteiger partial charge in [0.2, 0.25) is 5.95 Å². The normalized spacial score (nSPS) is 18.5. The number of nitrogens with one attached hydrogen (secondary N) is 2. The monoisotopic (exact) mass is 441 g/mol. The molecule has 1 aromatic carbocycles. The quantitative estimate of drug-likeness (QED) is 0.726. The van der Waals surface area contributed by atoms with Gasteiger partial charge in [0.25, 0.3) is 5.91 Å². The molecule has 1 heterocycles. The van der Waals surface area contributed by atoms with E-state index in [1.54, 1.807) is 0 Å². The van der Waals surface area contributed by atoms with Crippen molar-refractivity contribution in [3.63, 3.8) is 0 Å². The van der Waals surface area contributed by atoms with Gasteiger partial charge in [0.1, 0.15) is 11.6 Å². The molecule has 0 radical (unpaired) electrons. The number of aryl methyl sites for hydroxylation is 1. The molecule has 0 spiro atoms. The SMILES string of the molecule is Cc1cnc(NC2CCC(NC(=O)c3ccc(F)c(Cl)c3)CC2)nc1N(C)C.Cl. The molecule has 2 aromatic rings. The van der Waals surface area contributed by atoms with Crippen LogP contribution in [-0.4, -0.2) is 42.1 Å². The van der Waals surface area contributed by atoms with E-state index in [0.29, 0.717) is 11.5 Å². The van der Waals surface area contributed by atoms with E-state index in [1.807, 2.05) is 32.1 Å². The van der Waals surface area contributed by atoms with Crippen molar-refractivity contribution in [2.45, 2.75) is 44.7 Å². The van der Waals surface area contributed by atoms with Crippen LogP contribution in [-0.2, 0) is 0 Å². The maximum atomic E-state index is 13.3. The summed E-state index contributed by atoms with van der Waals surface area (Å²) in [5.41, 5.74) is 1.40. The lowest BCUT2D eigenvalue weighted by Gasteiger charge is -2.30. The Labute approximate surface area is 181 Å². The summed E-state index contributed by atoms with van der Waals surface area (Å²) in [6, 6.07) is 4.37. The lowest BCUT2D eigenvalue weighted by atomic mass is 9.91. The van der Waals surface area contributed by atoms with E-state index in [0.717, 1.165) is 37.1 Å². The lowest BCUT2D eigenvalue weighted by molar-refractivity contribution is 0.0926. The van der Waals surface area contributed by atoms with Crippen LogP contribution in [0.25, 0.3) is 0 Å². The van der Waals surface area contributed by atoms with Crippen molar-refractivity contribution in [1.29, 1.82) is 0 Å². The number of aromatic nitrogens is 2. The van der Waals surface area contributed by atoms with Gasteiger partial charge in [-0.3, -0.25) is 4.79 Å². The summed E-state index contributed by atoms with van der Waals surface area (Å²) in [5, 5.41) is 6.37. The van der Waals surface area contributed by atoms with Gasteiger partial charge < -0.3 is 15.5 Å². The molecule has 9 heteroatoms. The third-order valence-corrected chi connectivity index (χ3v) is 5.24. The largest absolute Gasteiger partial charge is 0.362 e. The van der Waals surface area contributed by atoms with Gasteiger partial charge in [-0.2, -0.15) is 4.98 Å². The molecule has 1 fully saturated rings. The molecule has 158 valence electrons. The number of benzene rings is 1. The molecule has 0 atom stereocenters. The number of amides is 1. The molecule has 6 nitrogen and oxygen atoms in total. The van der Waals surface area contributed by atoms with Gasteiger partial charge in [-0.15, -0.1) is 12.4 Å². The van der Waals surface area contributed by atoms with Gasteiger partial charge in [0, 0.05) is 43.5 Å². The standard InChI is InChI=1S/C20H25ClFN5O.ClH/c1-12-11-23-20(26-18(12)27(2)3)25-15-7-5-14(6-8-15)24-19(28)13-4-9-17(22)16(21)10-13;/h4,9-11,14-15H,5-8H2,1-3H3,(H,24,28)(H,23,25,26);1H. The van der Waals surface area contributed by atoms with Crippen molar-refractivity contribution in [3.8, 4) is 0 Å². The van der Waals surface area contributed by atoms with E-state index in [-0.39, 0.29) is 35.4 Å². The summed E-state index contributed by atoms with van der Waals surface area (Å²) in [6.45, 7) is 1.99. The molecule has 1 aliphatic rings. The van der Waals surface area contributed by atoms with E-state index >= 15 is 0 Å². The zero-order valence-corrected chi connectivity index (χ0v) is 18.3. The summed E-state index contributed by atoms with van der Waals surface area (Å²) < 4.78 is 13.3. The number of carbonyl (C=O) groups is 1. The van der Waals surface area contributed by atoms with Crippen LogP contribution < -0.4 is 15.5 Å². The van der Waals surface area contributed by atoms with Crippen molar-refractivity contribution in [2.24, 2.45) is 0 Å². The van der Waals surface area contributed by atoms with Crippen LogP contribution in [0.1, 0.15) is 41.6 Å². The van der Waals surface area contributed by atoms with Crippen molar-refractivity contribution in [3.05, 3.63) is 46.4 Å². The molecule has 0 aliphatic heterocycles. The minimum Gasteiger partial charge on any atom is -0.362 e. The van der Waals surface area contributed by atoms with Gasteiger partial charge in [0.15, 0.2) is 0 Å². The predicted octanol–water partition coefficient (Wildman–Crippen LogP) is 4.22. The third-order valence-electron chi connectivity index (χ3n) is 4.95. The number of carbonyl (C=O) groups excluding carboxylic acids is 1. The minimum absolute atomic E-state index is 0. The maximum absolute atomic E-state index is 13.3. The second-order valence-electron chi connectivity index (χ2n) is 7.39. The highest BCUT2D eigenvalue weighted by Crippen LogP contribution is 2.23. The lowest BCUT2D eigenvalue weighted by Crippen LogP contribution is -2.40. The van der Waals surface area contributed by atoms with Crippen molar-refractivity contribution in [2.75, 3.05) is 24.3 Å². The van der Waals surface area contributed by atoms with E-state index in [4.69, 9.17) is 11.6 Å². The molecule has 3 rings (SSSR count). The fourth-order valence-corrected chi connectivity index (χ4v) is 3.61. The second kappa shape index (κ2) is 10.1. The summed E-state index contributed by atoms with van der Waals surface area (Å²) in [4.78, 5) is 23.3. The number of halogens is 3. The highest BCUT2D eigenvalue weighted by molar-refractivity contribution is 6.31. The third kappa shape index (κ3) is 5.93. The zero-order valence-electron chi connectivity index (χ0n) is 16.7. The first-order valence-electron chi connectivity index (χ1n) is 9.37. The first-order valence-corrected chi connectivity index (χ1v) is 9.74. The summed E-state index contributed by atoms with van der Waals surface area (Å²) in [6.07, 6.45) is 5.34. The number of hydrogen-bond donors (Lipinski definition) is 2. The molecule has 1 amide bonds. The predicted molar refractivity (Wildman–Crippen MR) is 117 cm³/mol. The topological polar surface area (TPSA) is 70.1 Å². The molecule has 1 aromatic heterocycles. The molecule has 1 saturated carbocycles. The Morgan fingerprint density at radius 1 is 1.21 bits per heavy atom. The average molecular weight is 442 g/mol. The van der Waals surface area contributed by atoms with Gasteiger partial charge in [-0.25, -0.2) is 9.37 Å². The van der Waals surface area contributed by atoms with Crippen LogP contribution in [0.5, 0.6) is 0 Å². The molecule has 0 saturated heterocycles. The molecular formula is C20H26Cl2FN5O. The van der Waals surface area contributed by atoms with Crippen molar-refractivity contribution >= 4 is 41.7 Å². The average Bonchev–Trinajstić information content (AvgIpc) is 2.66. The first kappa shape index (κ1) is 23.2. The van der Waals surface area contributed by atoms with Gasteiger partial charge in [0.05, 0.1) is 5.02 Å². The highest BCUT2D eigenvalue weighted by Gasteiger charge is 2.23. The molecule has 1 aliphatic carbocycles. The fraction of sp³-hybridized carbons (Fsp3) is 0.450. The van der Waals surface area contributed by atoms with E-state index in [1.165, 1.54) is 18.2 Å². The number of hydrogen-bond acceptors (Lipinski definition) is 5. The van der Waals surface area contributed by atoms with Crippen molar-refractivity contribution in [1.82, 2.24) is 15.3 Å². The molecule has 0 bridgehead atoms. The summed E-state index contributed by atoms with van der Waals surface area (Å²) in [7, 11) is 3.92. The van der Waals surface area contributed by atoms with E-state index in [9.17, 15) is 9.18 Å². The van der Waals surface area contributed by atoms with Crippen LogP contribution in [0.15, 0.2) is 24.4 Å². The molecule has 2 N–H and O–H groups in total. The van der Waals surface area contributed by atoms with Crippen LogP contribution in [0.4, 0.5) is 16.2 Å². The summed E-state index contributed by atoms with van der Waals surface area (Å²) in [5.74, 6) is 0.774. The Morgan fingerprint density at radius 2 is 1.86 bits per heavy atom. The Morgan fingerprint density at radius 3 is 2.48 bits per heavy atom. The first-order chi connectivity index (χ1) is 13.3. The number of nitrogens with zero attached hydrogens (tertiary/aromatic N) is 3. The molecule has 29 heavy (non-hydrogen) atoms. The van der Waals surface area contributed by atoms with Gasteiger partial charge in [-0.05, 0) is 50.8 Å². The maximum Gasteiger partial charge on any atom is 0.251 e. The Balaban J connectivity index is 0.00000300. The number of anilines is 2. The fourth-order valence-electron chi connectivity index (χ4n) is 3.43. The summed E-state index contributed by atoms with van der Waals surface area (Å²) >= 11 is 5.76. The van der Waals surface area contributed by atoms with E-state index in [2.05, 4.69) is 20.6 Å². The Hall–Kier alpha value is -2.12. The van der Waals surface area contributed by atoms with E-state index < -0.39 is 5.82 Å².